The van der Waals surface area contributed by atoms with Crippen LogP contribution in [0.5, 0.6) is 0 Å². The molecule has 1 heteroatoms. The van der Waals surface area contributed by atoms with Crippen LogP contribution >= 0.6 is 0 Å². The van der Waals surface area contributed by atoms with Gasteiger partial charge in [-0.25, -0.2) is 0 Å². The van der Waals surface area contributed by atoms with Crippen LogP contribution in [0.15, 0.2) is 59.7 Å². The summed E-state index contributed by atoms with van der Waals surface area (Å²) >= 11 is 0. The second kappa shape index (κ2) is 7.04. The van der Waals surface area contributed by atoms with Gasteiger partial charge in [-0.2, -0.15) is 0 Å². The fourth-order valence-electron chi connectivity index (χ4n) is 2.46. The second-order valence-electron chi connectivity index (χ2n) is 5.81. The zero-order valence-corrected chi connectivity index (χ0v) is 13.7. The Morgan fingerprint density at radius 3 is 1.55 bits per heavy atom. The van der Waals surface area contributed by atoms with Crippen molar-refractivity contribution in [3.05, 3.63) is 81.9 Å². The lowest BCUT2D eigenvalue weighted by atomic mass is 10.0. The Morgan fingerprint density at radius 1 is 0.773 bits per heavy atom. The molecule has 0 saturated carbocycles. The van der Waals surface area contributed by atoms with Gasteiger partial charge < -0.3 is 0 Å². The van der Waals surface area contributed by atoms with E-state index in [1.54, 1.807) is 0 Å². The number of rotatable bonds is 4. The molecule has 22 heavy (non-hydrogen) atoms. The zero-order valence-electron chi connectivity index (χ0n) is 13.7. The minimum absolute atomic E-state index is 0.0861. The maximum atomic E-state index is 12.5. The summed E-state index contributed by atoms with van der Waals surface area (Å²) in [6, 6.07) is 16.3. The molecule has 0 unspecified atom stereocenters. The molecule has 112 valence electrons. The monoisotopic (exact) mass is 290 g/mol. The molecule has 0 bridgehead atoms. The summed E-state index contributed by atoms with van der Waals surface area (Å²) < 4.78 is 0. The summed E-state index contributed by atoms with van der Waals surface area (Å²) in [6.45, 7) is 7.85. The molecule has 0 aliphatic carbocycles. The summed E-state index contributed by atoms with van der Waals surface area (Å²) in [5, 5.41) is 0. The maximum Gasteiger partial charge on any atom is 0.184 e. The van der Waals surface area contributed by atoms with Gasteiger partial charge in [0, 0.05) is 0 Å². The highest BCUT2D eigenvalue weighted by Crippen LogP contribution is 2.15. The topological polar surface area (TPSA) is 17.1 Å². The van der Waals surface area contributed by atoms with E-state index in [0.29, 0.717) is 0 Å². The minimum Gasteiger partial charge on any atom is -0.289 e. The summed E-state index contributed by atoms with van der Waals surface area (Å²) in [7, 11) is 0. The quantitative estimate of drug-likeness (QED) is 0.691. The first-order chi connectivity index (χ1) is 10.5. The Hall–Kier alpha value is -2.41. The lowest BCUT2D eigenvalue weighted by Gasteiger charge is -2.04. The van der Waals surface area contributed by atoms with Crippen molar-refractivity contribution in [2.24, 2.45) is 0 Å². The fraction of sp³-hybridized carbons (Fsp3) is 0.190. The van der Waals surface area contributed by atoms with Gasteiger partial charge in [0.2, 0.25) is 0 Å². The van der Waals surface area contributed by atoms with Crippen molar-refractivity contribution in [1.29, 1.82) is 0 Å². The van der Waals surface area contributed by atoms with Crippen LogP contribution < -0.4 is 0 Å². The molecule has 2 aromatic carbocycles. The molecule has 0 aliphatic heterocycles. The zero-order chi connectivity index (χ0) is 16.1. The summed E-state index contributed by atoms with van der Waals surface area (Å²) in [5.41, 5.74) is 6.03. The van der Waals surface area contributed by atoms with Crippen LogP contribution in [-0.2, 0) is 4.79 Å². The van der Waals surface area contributed by atoms with Gasteiger partial charge in [0.1, 0.15) is 0 Å². The van der Waals surface area contributed by atoms with Gasteiger partial charge in [-0.05, 0) is 62.1 Å². The molecule has 0 fully saturated rings. The minimum atomic E-state index is 0.0861. The van der Waals surface area contributed by atoms with E-state index in [1.807, 2.05) is 50.3 Å². The molecule has 0 heterocycles. The molecule has 0 amide bonds. The van der Waals surface area contributed by atoms with Gasteiger partial charge in [-0.1, -0.05) is 59.7 Å². The second-order valence-corrected chi connectivity index (χ2v) is 5.81. The van der Waals surface area contributed by atoms with Crippen LogP contribution in [0.3, 0.4) is 0 Å². The third kappa shape index (κ3) is 4.29. The molecule has 1 nitrogen and oxygen atoms in total. The lowest BCUT2D eigenvalue weighted by molar-refractivity contribution is -0.112. The Balaban J connectivity index is 2.23. The number of carbonyl (C=O) groups excluding carboxylic acids is 1. The Morgan fingerprint density at radius 2 is 1.18 bits per heavy atom. The van der Waals surface area contributed by atoms with E-state index >= 15 is 0 Å². The van der Waals surface area contributed by atoms with Crippen molar-refractivity contribution >= 4 is 17.9 Å². The molecule has 0 spiro atoms. The number of Topliss-reactive ketones (excluding diaryl/α,β-unsaturated/α-hetero) is 1. The molecule has 0 radical (unpaired) electrons. The normalized spacial score (nSPS) is 12.4. The Bertz CT molecular complexity index is 685. The Kier molecular flexibility index (Phi) is 5.11. The third-order valence-corrected chi connectivity index (χ3v) is 3.57. The number of carbonyl (C=O) groups is 1. The number of benzene rings is 2. The number of ketones is 1. The van der Waals surface area contributed by atoms with Crippen LogP contribution in [-0.4, -0.2) is 5.78 Å². The molecule has 2 rings (SSSR count). The van der Waals surface area contributed by atoms with Crippen LogP contribution in [0, 0.1) is 13.8 Å². The highest BCUT2D eigenvalue weighted by Gasteiger charge is 2.07. The van der Waals surface area contributed by atoms with Crippen LogP contribution in [0.25, 0.3) is 12.2 Å². The number of hydrogen-bond acceptors (Lipinski definition) is 1. The average Bonchev–Trinajstić information content (AvgIpc) is 2.46. The molecule has 0 atom stereocenters. The van der Waals surface area contributed by atoms with Crippen molar-refractivity contribution in [3.8, 4) is 0 Å². The number of allylic oxidation sites excluding steroid dienone is 2. The van der Waals surface area contributed by atoms with Crippen molar-refractivity contribution in [2.45, 2.75) is 27.7 Å². The van der Waals surface area contributed by atoms with Gasteiger partial charge in [0.25, 0.3) is 0 Å². The molecular weight excluding hydrogens is 268 g/mol. The highest BCUT2D eigenvalue weighted by atomic mass is 16.1. The van der Waals surface area contributed by atoms with E-state index in [4.69, 9.17) is 0 Å². The van der Waals surface area contributed by atoms with Crippen molar-refractivity contribution in [2.75, 3.05) is 0 Å². The van der Waals surface area contributed by atoms with Gasteiger partial charge in [0.05, 0.1) is 0 Å². The summed E-state index contributed by atoms with van der Waals surface area (Å²) in [6.07, 6.45) is 3.89. The van der Waals surface area contributed by atoms with Gasteiger partial charge in [-0.15, -0.1) is 0 Å². The van der Waals surface area contributed by atoms with E-state index in [-0.39, 0.29) is 5.78 Å². The highest BCUT2D eigenvalue weighted by molar-refractivity contribution is 6.12. The van der Waals surface area contributed by atoms with Crippen molar-refractivity contribution in [1.82, 2.24) is 0 Å². The first-order valence-electron chi connectivity index (χ1n) is 7.50. The smallest absolute Gasteiger partial charge is 0.184 e. The molecule has 0 saturated heterocycles. The number of hydrogen-bond donors (Lipinski definition) is 0. The predicted octanol–water partition coefficient (Wildman–Crippen LogP) is 5.38. The van der Waals surface area contributed by atoms with E-state index in [9.17, 15) is 4.79 Å². The van der Waals surface area contributed by atoms with E-state index in [1.165, 1.54) is 11.1 Å². The fourth-order valence-corrected chi connectivity index (χ4v) is 2.46. The molecule has 0 aromatic heterocycles. The van der Waals surface area contributed by atoms with Crippen molar-refractivity contribution in [3.63, 3.8) is 0 Å². The van der Waals surface area contributed by atoms with E-state index in [2.05, 4.69) is 38.1 Å². The summed E-state index contributed by atoms with van der Waals surface area (Å²) in [4.78, 5) is 12.5. The predicted molar refractivity (Wildman–Crippen MR) is 94.7 cm³/mol. The molecule has 0 aliphatic rings. The Labute approximate surface area is 133 Å². The largest absolute Gasteiger partial charge is 0.289 e. The van der Waals surface area contributed by atoms with Gasteiger partial charge in [0.15, 0.2) is 5.78 Å². The van der Waals surface area contributed by atoms with Gasteiger partial charge in [-0.3, -0.25) is 4.79 Å². The molecule has 0 N–H and O–H groups in total. The maximum absolute atomic E-state index is 12.5. The first kappa shape index (κ1) is 16.0. The van der Waals surface area contributed by atoms with Crippen LogP contribution in [0.4, 0.5) is 0 Å². The SMILES string of the molecule is C/C(=C\c1cccc(C)c1)C(=O)/C(C)=C/c1cccc(C)c1. The van der Waals surface area contributed by atoms with Crippen LogP contribution in [0.2, 0.25) is 0 Å². The average molecular weight is 290 g/mol. The lowest BCUT2D eigenvalue weighted by Crippen LogP contribution is -2.01. The molecular formula is C21H22O. The van der Waals surface area contributed by atoms with Crippen LogP contribution in [0.1, 0.15) is 36.1 Å². The van der Waals surface area contributed by atoms with Gasteiger partial charge >= 0.3 is 0 Å². The van der Waals surface area contributed by atoms with Crippen molar-refractivity contribution < 1.29 is 4.79 Å². The first-order valence-corrected chi connectivity index (χ1v) is 7.50. The third-order valence-electron chi connectivity index (χ3n) is 3.57. The van der Waals surface area contributed by atoms with E-state index < -0.39 is 0 Å². The standard InChI is InChI=1S/C21H22O/c1-15-7-5-9-19(11-15)13-17(3)21(22)18(4)14-20-10-6-8-16(2)12-20/h5-14H,1-4H3/b17-13+,18-14+. The number of aryl methyl sites for hydroxylation is 2. The summed E-state index contributed by atoms with van der Waals surface area (Å²) in [5.74, 6) is 0.0861. The van der Waals surface area contributed by atoms with E-state index in [0.717, 1.165) is 22.3 Å². The molecule has 2 aromatic rings.